The SMILES string of the molecule is N#Cc1ccc(CNC(=O)[C@@H]2CCCN(C(=O)C3(N)CC3)C2)c(OC(F)(F)F)c1. The number of hydrogen-bond acceptors (Lipinski definition) is 5. The molecule has 1 aromatic carbocycles. The number of nitrogens with zero attached hydrogens (tertiary/aromatic N) is 2. The van der Waals surface area contributed by atoms with Crippen LogP contribution in [0, 0.1) is 17.2 Å². The van der Waals surface area contributed by atoms with Gasteiger partial charge in [-0.3, -0.25) is 9.59 Å². The van der Waals surface area contributed by atoms with Crippen molar-refractivity contribution in [2.75, 3.05) is 13.1 Å². The third-order valence-electron chi connectivity index (χ3n) is 5.17. The Kier molecular flexibility index (Phi) is 5.71. The van der Waals surface area contributed by atoms with Crippen molar-refractivity contribution in [3.8, 4) is 11.8 Å². The third-order valence-corrected chi connectivity index (χ3v) is 5.17. The number of nitrogens with one attached hydrogen (secondary N) is 1. The van der Waals surface area contributed by atoms with E-state index >= 15 is 0 Å². The van der Waals surface area contributed by atoms with E-state index in [4.69, 9.17) is 11.0 Å². The highest BCUT2D eigenvalue weighted by Gasteiger charge is 2.49. The molecule has 0 radical (unpaired) electrons. The van der Waals surface area contributed by atoms with Gasteiger partial charge in [0.05, 0.1) is 23.1 Å². The van der Waals surface area contributed by atoms with Crippen LogP contribution in [0.1, 0.15) is 36.8 Å². The zero-order valence-corrected chi connectivity index (χ0v) is 15.6. The third kappa shape index (κ3) is 5.17. The molecule has 2 fully saturated rings. The molecule has 3 N–H and O–H groups in total. The lowest BCUT2D eigenvalue weighted by Crippen LogP contribution is -2.51. The largest absolute Gasteiger partial charge is 0.573 e. The summed E-state index contributed by atoms with van der Waals surface area (Å²) in [6.07, 6.45) is -2.41. The van der Waals surface area contributed by atoms with Crippen LogP contribution in [0.15, 0.2) is 18.2 Å². The maximum Gasteiger partial charge on any atom is 0.573 e. The van der Waals surface area contributed by atoms with E-state index in [0.717, 1.165) is 6.07 Å². The van der Waals surface area contributed by atoms with Gasteiger partial charge in [-0.25, -0.2) is 0 Å². The highest BCUT2D eigenvalue weighted by atomic mass is 19.4. The summed E-state index contributed by atoms with van der Waals surface area (Å²) in [5, 5.41) is 11.5. The Bertz CT molecular complexity index is 846. The number of amides is 2. The lowest BCUT2D eigenvalue weighted by atomic mass is 9.96. The lowest BCUT2D eigenvalue weighted by molar-refractivity contribution is -0.274. The molecule has 29 heavy (non-hydrogen) atoms. The fourth-order valence-corrected chi connectivity index (χ4v) is 3.36. The second kappa shape index (κ2) is 7.91. The first-order valence-corrected chi connectivity index (χ1v) is 9.26. The fourth-order valence-electron chi connectivity index (χ4n) is 3.36. The topological polar surface area (TPSA) is 108 Å². The van der Waals surface area contributed by atoms with Crippen LogP contribution in [-0.4, -0.2) is 41.7 Å². The van der Waals surface area contributed by atoms with Crippen LogP contribution in [0.2, 0.25) is 0 Å². The van der Waals surface area contributed by atoms with Crippen molar-refractivity contribution in [1.82, 2.24) is 10.2 Å². The predicted octanol–water partition coefficient (Wildman–Crippen LogP) is 1.80. The monoisotopic (exact) mass is 410 g/mol. The molecular formula is C19H21F3N4O3. The van der Waals surface area contributed by atoms with Crippen LogP contribution >= 0.6 is 0 Å². The number of piperidine rings is 1. The second-order valence-corrected chi connectivity index (χ2v) is 7.45. The van der Waals surface area contributed by atoms with E-state index in [2.05, 4.69) is 10.1 Å². The summed E-state index contributed by atoms with van der Waals surface area (Å²) in [5.41, 5.74) is 5.25. The lowest BCUT2D eigenvalue weighted by Gasteiger charge is -2.33. The summed E-state index contributed by atoms with van der Waals surface area (Å²) < 4.78 is 41.9. The molecule has 1 aliphatic carbocycles. The van der Waals surface area contributed by atoms with Crippen LogP contribution < -0.4 is 15.8 Å². The van der Waals surface area contributed by atoms with Gasteiger partial charge in [-0.05, 0) is 37.8 Å². The molecule has 1 aromatic rings. The van der Waals surface area contributed by atoms with Gasteiger partial charge in [0.2, 0.25) is 11.8 Å². The van der Waals surface area contributed by atoms with Gasteiger partial charge in [-0.15, -0.1) is 13.2 Å². The van der Waals surface area contributed by atoms with Crippen LogP contribution in [0.4, 0.5) is 13.2 Å². The highest BCUT2D eigenvalue weighted by molar-refractivity contribution is 5.90. The van der Waals surface area contributed by atoms with Crippen molar-refractivity contribution in [3.63, 3.8) is 0 Å². The smallest absolute Gasteiger partial charge is 0.405 e. The minimum atomic E-state index is -4.92. The molecule has 1 saturated heterocycles. The molecule has 1 heterocycles. The van der Waals surface area contributed by atoms with Gasteiger partial charge >= 0.3 is 6.36 Å². The predicted molar refractivity (Wildman–Crippen MR) is 95.1 cm³/mol. The normalized spacial score (nSPS) is 20.5. The number of nitrogens with two attached hydrogens (primary N) is 1. The summed E-state index contributed by atoms with van der Waals surface area (Å²) in [6.45, 7) is 0.588. The van der Waals surface area contributed by atoms with Crippen molar-refractivity contribution >= 4 is 11.8 Å². The quantitative estimate of drug-likeness (QED) is 0.770. The average Bonchev–Trinajstić information content (AvgIpc) is 3.43. The van der Waals surface area contributed by atoms with Gasteiger partial charge in [-0.2, -0.15) is 5.26 Å². The minimum absolute atomic E-state index is 0.0107. The number of halogens is 3. The number of ether oxygens (including phenoxy) is 1. The van der Waals surface area contributed by atoms with Crippen LogP contribution in [0.3, 0.4) is 0 Å². The Labute approximate surface area is 165 Å². The van der Waals surface area contributed by atoms with E-state index in [1.807, 2.05) is 0 Å². The summed E-state index contributed by atoms with van der Waals surface area (Å²) >= 11 is 0. The van der Waals surface area contributed by atoms with Crippen LogP contribution in [0.5, 0.6) is 5.75 Å². The van der Waals surface area contributed by atoms with E-state index < -0.39 is 23.6 Å². The summed E-state index contributed by atoms with van der Waals surface area (Å²) in [7, 11) is 0. The number of hydrogen-bond donors (Lipinski definition) is 2. The molecule has 1 atom stereocenters. The minimum Gasteiger partial charge on any atom is -0.405 e. The van der Waals surface area contributed by atoms with Crippen LogP contribution in [0.25, 0.3) is 0 Å². The number of likely N-dealkylation sites (tertiary alicyclic amines) is 1. The van der Waals surface area contributed by atoms with Gasteiger partial charge in [0.25, 0.3) is 0 Å². The molecular weight excluding hydrogens is 389 g/mol. The van der Waals surface area contributed by atoms with Crippen molar-refractivity contribution in [2.24, 2.45) is 11.7 Å². The Morgan fingerprint density at radius 1 is 1.38 bits per heavy atom. The Morgan fingerprint density at radius 3 is 2.72 bits per heavy atom. The molecule has 1 saturated carbocycles. The van der Waals surface area contributed by atoms with Gasteiger partial charge in [0.1, 0.15) is 5.75 Å². The van der Waals surface area contributed by atoms with E-state index in [1.165, 1.54) is 12.1 Å². The van der Waals surface area contributed by atoms with E-state index in [1.54, 1.807) is 11.0 Å². The summed E-state index contributed by atoms with van der Waals surface area (Å²) in [5.74, 6) is -1.49. The standard InChI is InChI=1S/C19H21F3N4O3/c20-19(21,22)29-15-8-12(9-23)3-4-13(15)10-25-16(27)14-2-1-7-26(11-14)17(28)18(24)5-6-18/h3-4,8,14H,1-2,5-7,10-11,24H2,(H,25,27)/t14-/m1/s1. The maximum atomic E-state index is 12.6. The molecule has 0 spiro atoms. The van der Waals surface area contributed by atoms with Gasteiger partial charge in [0, 0.05) is 25.2 Å². The zero-order chi connectivity index (χ0) is 21.2. The Balaban J connectivity index is 1.63. The fraction of sp³-hybridized carbons (Fsp3) is 0.526. The molecule has 10 heteroatoms. The van der Waals surface area contributed by atoms with Gasteiger partial charge < -0.3 is 20.7 Å². The van der Waals surface area contributed by atoms with Crippen molar-refractivity contribution in [2.45, 2.75) is 44.1 Å². The van der Waals surface area contributed by atoms with Crippen molar-refractivity contribution in [3.05, 3.63) is 29.3 Å². The molecule has 2 aliphatic rings. The summed E-state index contributed by atoms with van der Waals surface area (Å²) in [4.78, 5) is 26.5. The van der Waals surface area contributed by atoms with E-state index in [0.29, 0.717) is 32.2 Å². The number of nitriles is 1. The molecule has 7 nitrogen and oxygen atoms in total. The number of benzene rings is 1. The van der Waals surface area contributed by atoms with Gasteiger partial charge in [0.15, 0.2) is 0 Å². The Hall–Kier alpha value is -2.80. The maximum absolute atomic E-state index is 12.6. The van der Waals surface area contributed by atoms with Crippen molar-refractivity contribution in [1.29, 1.82) is 5.26 Å². The number of alkyl halides is 3. The first kappa shape index (κ1) is 20.9. The van der Waals surface area contributed by atoms with Gasteiger partial charge in [-0.1, -0.05) is 6.07 Å². The number of carbonyl (C=O) groups is 2. The van der Waals surface area contributed by atoms with E-state index in [-0.39, 0.29) is 36.0 Å². The molecule has 0 unspecified atom stereocenters. The highest BCUT2D eigenvalue weighted by Crippen LogP contribution is 2.35. The molecule has 0 aromatic heterocycles. The average molecular weight is 410 g/mol. The number of carbonyl (C=O) groups excluding carboxylic acids is 2. The molecule has 156 valence electrons. The molecule has 2 amide bonds. The summed E-state index contributed by atoms with van der Waals surface area (Å²) in [6, 6.07) is 5.38. The van der Waals surface area contributed by atoms with Crippen molar-refractivity contribution < 1.29 is 27.5 Å². The molecule has 1 aliphatic heterocycles. The van der Waals surface area contributed by atoms with Crippen LogP contribution in [-0.2, 0) is 16.1 Å². The van der Waals surface area contributed by atoms with E-state index in [9.17, 15) is 22.8 Å². The molecule has 0 bridgehead atoms. The second-order valence-electron chi connectivity index (χ2n) is 7.45. The Morgan fingerprint density at radius 2 is 2.10 bits per heavy atom. The first-order valence-electron chi connectivity index (χ1n) is 9.26. The zero-order valence-electron chi connectivity index (χ0n) is 15.6. The number of rotatable bonds is 5. The first-order chi connectivity index (χ1) is 13.6. The molecule has 3 rings (SSSR count).